The van der Waals surface area contributed by atoms with Crippen LogP contribution in [0.15, 0.2) is 36.7 Å². The first-order valence-corrected chi connectivity index (χ1v) is 8.45. The van der Waals surface area contributed by atoms with Crippen LogP contribution in [-0.2, 0) is 6.42 Å². The van der Waals surface area contributed by atoms with E-state index in [4.69, 9.17) is 11.5 Å². The number of piperidine rings is 1. The highest BCUT2D eigenvalue weighted by molar-refractivity contribution is 5.97. The van der Waals surface area contributed by atoms with Gasteiger partial charge >= 0.3 is 0 Å². The lowest BCUT2D eigenvalue weighted by Gasteiger charge is -2.22. The standard InChI is InChI=1S/C11H18N2.C7H7N3O2/c1-2-11(13-7-1)4-3-10-5-8-12-9-6-10;8-6(11)4-1-2-10-5(3-4)7(9)12/h1-2,7,10,12-13H,3-6,8-9H2;1-3H,(H2,8,11)(H2,9,12). The Kier molecular flexibility index (Phi) is 7.16. The molecule has 0 radical (unpaired) electrons. The van der Waals surface area contributed by atoms with Crippen molar-refractivity contribution in [3.8, 4) is 0 Å². The molecule has 0 unspecified atom stereocenters. The molecule has 0 saturated carbocycles. The van der Waals surface area contributed by atoms with Gasteiger partial charge in [-0.05, 0) is 69.0 Å². The summed E-state index contributed by atoms with van der Waals surface area (Å²) in [7, 11) is 0. The minimum absolute atomic E-state index is 0.0336. The van der Waals surface area contributed by atoms with Gasteiger partial charge in [-0.1, -0.05) is 0 Å². The molecular formula is C18H25N5O2. The number of aromatic amines is 1. The molecule has 1 aliphatic heterocycles. The lowest BCUT2D eigenvalue weighted by Crippen LogP contribution is -2.27. The number of hydrogen-bond acceptors (Lipinski definition) is 4. The first-order valence-electron chi connectivity index (χ1n) is 8.45. The van der Waals surface area contributed by atoms with E-state index in [-0.39, 0.29) is 11.3 Å². The monoisotopic (exact) mass is 343 g/mol. The van der Waals surface area contributed by atoms with Crippen molar-refractivity contribution in [1.82, 2.24) is 15.3 Å². The number of pyridine rings is 1. The van der Waals surface area contributed by atoms with Crippen molar-refractivity contribution in [3.05, 3.63) is 53.6 Å². The lowest BCUT2D eigenvalue weighted by atomic mass is 9.93. The highest BCUT2D eigenvalue weighted by atomic mass is 16.1. The van der Waals surface area contributed by atoms with E-state index in [1.165, 1.54) is 62.8 Å². The Morgan fingerprint density at radius 1 is 1.16 bits per heavy atom. The van der Waals surface area contributed by atoms with Crippen molar-refractivity contribution < 1.29 is 9.59 Å². The van der Waals surface area contributed by atoms with E-state index in [0.29, 0.717) is 0 Å². The van der Waals surface area contributed by atoms with Gasteiger partial charge in [-0.15, -0.1) is 0 Å². The van der Waals surface area contributed by atoms with Gasteiger partial charge in [-0.3, -0.25) is 14.6 Å². The molecule has 2 aromatic heterocycles. The van der Waals surface area contributed by atoms with Crippen molar-refractivity contribution in [3.63, 3.8) is 0 Å². The second-order valence-electron chi connectivity index (χ2n) is 6.09. The van der Waals surface area contributed by atoms with E-state index < -0.39 is 11.8 Å². The average molecular weight is 343 g/mol. The third-order valence-corrected chi connectivity index (χ3v) is 4.24. The molecule has 1 fully saturated rings. The molecule has 3 heterocycles. The van der Waals surface area contributed by atoms with Crippen molar-refractivity contribution in [2.24, 2.45) is 17.4 Å². The zero-order valence-corrected chi connectivity index (χ0v) is 14.2. The van der Waals surface area contributed by atoms with Crippen LogP contribution in [0.4, 0.5) is 0 Å². The van der Waals surface area contributed by atoms with Gasteiger partial charge in [-0.2, -0.15) is 0 Å². The number of aryl methyl sites for hydroxylation is 1. The van der Waals surface area contributed by atoms with Crippen LogP contribution in [0.1, 0.15) is 45.8 Å². The fourth-order valence-corrected chi connectivity index (χ4v) is 2.77. The number of rotatable bonds is 5. The summed E-state index contributed by atoms with van der Waals surface area (Å²) in [6.07, 6.45) is 8.61. The summed E-state index contributed by atoms with van der Waals surface area (Å²) in [5, 5.41) is 3.40. The molecule has 0 aliphatic carbocycles. The SMILES string of the molecule is NC(=O)c1ccnc(C(N)=O)c1.c1c[nH]c(CCC2CCNCC2)c1. The first-order chi connectivity index (χ1) is 12.1. The van der Waals surface area contributed by atoms with Gasteiger partial charge < -0.3 is 21.8 Å². The third-order valence-electron chi connectivity index (χ3n) is 4.24. The third kappa shape index (κ3) is 6.39. The number of hydrogen-bond donors (Lipinski definition) is 4. The van der Waals surface area contributed by atoms with Crippen molar-refractivity contribution in [2.45, 2.75) is 25.7 Å². The summed E-state index contributed by atoms with van der Waals surface area (Å²) in [6, 6.07) is 6.93. The Bertz CT molecular complexity index is 649. The van der Waals surface area contributed by atoms with Crippen LogP contribution in [0, 0.1) is 5.92 Å². The second-order valence-corrected chi connectivity index (χ2v) is 6.09. The van der Waals surface area contributed by atoms with Gasteiger partial charge in [0.25, 0.3) is 5.91 Å². The van der Waals surface area contributed by atoms with Gasteiger partial charge in [0.2, 0.25) is 5.91 Å². The molecule has 2 amide bonds. The fraction of sp³-hybridized carbons (Fsp3) is 0.389. The Hall–Kier alpha value is -2.67. The van der Waals surface area contributed by atoms with Crippen LogP contribution >= 0.6 is 0 Å². The summed E-state index contributed by atoms with van der Waals surface area (Å²) < 4.78 is 0. The second kappa shape index (κ2) is 9.58. The van der Waals surface area contributed by atoms with Crippen LogP contribution in [0.25, 0.3) is 0 Å². The maximum atomic E-state index is 10.6. The maximum Gasteiger partial charge on any atom is 0.267 e. The van der Waals surface area contributed by atoms with E-state index in [9.17, 15) is 9.59 Å². The number of nitrogens with zero attached hydrogens (tertiary/aromatic N) is 1. The number of H-pyrrole nitrogens is 1. The van der Waals surface area contributed by atoms with Crippen LogP contribution in [0.3, 0.4) is 0 Å². The van der Waals surface area contributed by atoms with E-state index >= 15 is 0 Å². The molecule has 1 aliphatic rings. The van der Waals surface area contributed by atoms with Crippen molar-refractivity contribution >= 4 is 11.8 Å². The predicted molar refractivity (Wildman–Crippen MR) is 96.0 cm³/mol. The van der Waals surface area contributed by atoms with E-state index in [0.717, 1.165) is 5.92 Å². The van der Waals surface area contributed by atoms with Gasteiger partial charge in [0.05, 0.1) is 0 Å². The van der Waals surface area contributed by atoms with E-state index in [1.54, 1.807) is 0 Å². The fourth-order valence-electron chi connectivity index (χ4n) is 2.77. The van der Waals surface area contributed by atoms with Crippen molar-refractivity contribution in [2.75, 3.05) is 13.1 Å². The summed E-state index contributed by atoms with van der Waals surface area (Å²) in [4.78, 5) is 28.1. The summed E-state index contributed by atoms with van der Waals surface area (Å²) in [5.41, 5.74) is 11.5. The molecule has 25 heavy (non-hydrogen) atoms. The molecule has 0 spiro atoms. The van der Waals surface area contributed by atoms with Crippen LogP contribution in [0.5, 0.6) is 0 Å². The molecule has 1 saturated heterocycles. The Labute approximate surface area is 147 Å². The van der Waals surface area contributed by atoms with Gasteiger partial charge in [0.15, 0.2) is 0 Å². The number of carbonyl (C=O) groups excluding carboxylic acids is 2. The number of amides is 2. The van der Waals surface area contributed by atoms with E-state index in [1.807, 2.05) is 6.20 Å². The number of primary amides is 2. The average Bonchev–Trinajstić information content (AvgIpc) is 3.15. The molecule has 2 aromatic rings. The van der Waals surface area contributed by atoms with Gasteiger partial charge in [0.1, 0.15) is 5.69 Å². The van der Waals surface area contributed by atoms with Gasteiger partial charge in [-0.25, -0.2) is 0 Å². The molecule has 7 nitrogen and oxygen atoms in total. The zero-order valence-electron chi connectivity index (χ0n) is 14.2. The molecule has 134 valence electrons. The topological polar surface area (TPSA) is 127 Å². The van der Waals surface area contributed by atoms with Crippen molar-refractivity contribution in [1.29, 1.82) is 0 Å². The maximum absolute atomic E-state index is 10.6. The highest BCUT2D eigenvalue weighted by Gasteiger charge is 2.12. The molecular weight excluding hydrogens is 318 g/mol. The Morgan fingerprint density at radius 2 is 1.92 bits per heavy atom. The normalized spacial score (nSPS) is 14.4. The number of carbonyl (C=O) groups is 2. The number of nitrogens with two attached hydrogens (primary N) is 2. The first kappa shape index (κ1) is 18.7. The van der Waals surface area contributed by atoms with E-state index in [2.05, 4.69) is 27.4 Å². The Morgan fingerprint density at radius 3 is 2.52 bits per heavy atom. The largest absolute Gasteiger partial charge is 0.366 e. The van der Waals surface area contributed by atoms with Crippen LogP contribution in [0.2, 0.25) is 0 Å². The summed E-state index contributed by atoms with van der Waals surface area (Å²) >= 11 is 0. The van der Waals surface area contributed by atoms with Gasteiger partial charge in [0, 0.05) is 23.7 Å². The highest BCUT2D eigenvalue weighted by Crippen LogP contribution is 2.17. The summed E-state index contributed by atoms with van der Waals surface area (Å²) in [6.45, 7) is 2.44. The molecule has 0 bridgehead atoms. The molecule has 6 N–H and O–H groups in total. The summed E-state index contributed by atoms with van der Waals surface area (Å²) in [5.74, 6) is -0.345. The Balaban J connectivity index is 0.000000181. The minimum atomic E-state index is -0.682. The smallest absolute Gasteiger partial charge is 0.267 e. The zero-order chi connectivity index (χ0) is 18.1. The molecule has 3 rings (SSSR count). The molecule has 0 atom stereocenters. The quantitative estimate of drug-likeness (QED) is 0.651. The minimum Gasteiger partial charge on any atom is -0.366 e. The lowest BCUT2D eigenvalue weighted by molar-refractivity contribution is 0.0995. The molecule has 7 heteroatoms. The predicted octanol–water partition coefficient (Wildman–Crippen LogP) is 1.23. The van der Waals surface area contributed by atoms with Crippen LogP contribution in [-0.4, -0.2) is 34.9 Å². The molecule has 0 aromatic carbocycles. The number of aromatic nitrogens is 2. The van der Waals surface area contributed by atoms with Crippen LogP contribution < -0.4 is 16.8 Å². The number of nitrogens with one attached hydrogen (secondary N) is 2.